The van der Waals surface area contributed by atoms with Gasteiger partial charge in [-0.2, -0.15) is 0 Å². The summed E-state index contributed by atoms with van der Waals surface area (Å²) in [7, 11) is 0. The van der Waals surface area contributed by atoms with Crippen molar-refractivity contribution in [2.75, 3.05) is 13.1 Å². The summed E-state index contributed by atoms with van der Waals surface area (Å²) < 4.78 is 0. The van der Waals surface area contributed by atoms with E-state index in [0.717, 1.165) is 25.9 Å². The Labute approximate surface area is 115 Å². The van der Waals surface area contributed by atoms with E-state index in [1.165, 1.54) is 12.0 Å². The Morgan fingerprint density at radius 1 is 1.16 bits per heavy atom. The Hall–Kier alpha value is -1.57. The number of allylic oxidation sites excluding steroid dienone is 1. The summed E-state index contributed by atoms with van der Waals surface area (Å²) in [6, 6.07) is 10.4. The van der Waals surface area contributed by atoms with Crippen molar-refractivity contribution in [3.05, 3.63) is 48.6 Å². The van der Waals surface area contributed by atoms with Crippen LogP contribution in [0.25, 0.3) is 0 Å². The minimum atomic E-state index is 0.137. The quantitative estimate of drug-likeness (QED) is 0.759. The zero-order valence-electron chi connectivity index (χ0n) is 11.3. The van der Waals surface area contributed by atoms with E-state index in [1.807, 2.05) is 12.1 Å². The number of likely N-dealkylation sites (tertiary alicyclic amines) is 1. The first-order chi connectivity index (χ1) is 9.33. The highest BCUT2D eigenvalue weighted by Crippen LogP contribution is 2.55. The van der Waals surface area contributed by atoms with Gasteiger partial charge in [-0.1, -0.05) is 36.4 Å². The van der Waals surface area contributed by atoms with Crippen LogP contribution in [0.3, 0.4) is 0 Å². The zero-order valence-corrected chi connectivity index (χ0v) is 11.3. The third-order valence-corrected chi connectivity index (χ3v) is 4.48. The van der Waals surface area contributed by atoms with Gasteiger partial charge in [0.05, 0.1) is 5.92 Å². The van der Waals surface area contributed by atoms with Crippen molar-refractivity contribution in [2.45, 2.75) is 25.2 Å². The molecule has 1 aromatic carbocycles. The molecule has 2 fully saturated rings. The maximum atomic E-state index is 12.6. The monoisotopic (exact) mass is 255 g/mol. The van der Waals surface area contributed by atoms with Gasteiger partial charge in [0.1, 0.15) is 0 Å². The van der Waals surface area contributed by atoms with Crippen LogP contribution in [0.5, 0.6) is 0 Å². The third kappa shape index (κ3) is 2.32. The lowest BCUT2D eigenvalue weighted by molar-refractivity contribution is -0.133. The van der Waals surface area contributed by atoms with E-state index in [0.29, 0.717) is 17.7 Å². The molecule has 1 aliphatic heterocycles. The molecule has 1 saturated heterocycles. The maximum absolute atomic E-state index is 12.6. The third-order valence-electron chi connectivity index (χ3n) is 4.48. The number of nitrogens with zero attached hydrogens (tertiary/aromatic N) is 1. The van der Waals surface area contributed by atoms with Crippen molar-refractivity contribution in [1.82, 2.24) is 4.90 Å². The normalized spacial score (nSPS) is 29.9. The molecular weight excluding hydrogens is 234 g/mol. The Balaban J connectivity index is 1.74. The molecule has 0 N–H and O–H groups in total. The van der Waals surface area contributed by atoms with Gasteiger partial charge in [-0.15, -0.1) is 6.58 Å². The highest BCUT2D eigenvalue weighted by molar-refractivity contribution is 5.84. The van der Waals surface area contributed by atoms with E-state index in [1.54, 1.807) is 0 Å². The summed E-state index contributed by atoms with van der Waals surface area (Å²) in [5.41, 5.74) is 1.28. The molecular formula is C17H21NO. The second-order valence-corrected chi connectivity index (χ2v) is 5.66. The number of rotatable bonds is 3. The molecule has 1 amide bonds. The lowest BCUT2D eigenvalue weighted by Gasteiger charge is -2.27. The van der Waals surface area contributed by atoms with Crippen molar-refractivity contribution < 1.29 is 4.79 Å². The number of carbonyl (C=O) groups excluding carboxylic acids is 1. The first-order valence-corrected chi connectivity index (χ1v) is 7.29. The van der Waals surface area contributed by atoms with Crippen molar-refractivity contribution >= 4 is 5.91 Å². The van der Waals surface area contributed by atoms with E-state index in [-0.39, 0.29) is 5.92 Å². The van der Waals surface area contributed by atoms with Gasteiger partial charge in [-0.05, 0) is 30.7 Å². The van der Waals surface area contributed by atoms with Gasteiger partial charge in [-0.3, -0.25) is 4.79 Å². The average molecular weight is 255 g/mol. The summed E-state index contributed by atoms with van der Waals surface area (Å²) in [6.07, 6.45) is 5.55. The van der Waals surface area contributed by atoms with Crippen LogP contribution in [0.2, 0.25) is 0 Å². The minimum absolute atomic E-state index is 0.137. The van der Waals surface area contributed by atoms with Gasteiger partial charge in [-0.25, -0.2) is 0 Å². The first-order valence-electron chi connectivity index (χ1n) is 7.29. The van der Waals surface area contributed by atoms with Crippen LogP contribution in [-0.4, -0.2) is 23.9 Å². The number of hydrogen-bond acceptors (Lipinski definition) is 1. The SMILES string of the molecule is C=C[C@@H]1[C@H](C(=O)N2CCCCC2)[C@H]1c1ccccc1. The topological polar surface area (TPSA) is 20.3 Å². The van der Waals surface area contributed by atoms with Crippen molar-refractivity contribution in [3.8, 4) is 0 Å². The summed E-state index contributed by atoms with van der Waals surface area (Å²) in [5, 5.41) is 0. The number of amides is 1. The second-order valence-electron chi connectivity index (χ2n) is 5.66. The Morgan fingerprint density at radius 3 is 2.47 bits per heavy atom. The summed E-state index contributed by atoms with van der Waals surface area (Å²) in [5.74, 6) is 1.17. The van der Waals surface area contributed by atoms with Crippen LogP contribution < -0.4 is 0 Å². The Bertz CT molecular complexity index is 461. The molecule has 1 heterocycles. The molecule has 19 heavy (non-hydrogen) atoms. The summed E-state index contributed by atoms with van der Waals surface area (Å²) in [6.45, 7) is 5.80. The summed E-state index contributed by atoms with van der Waals surface area (Å²) >= 11 is 0. The number of benzene rings is 1. The fourth-order valence-electron chi connectivity index (χ4n) is 3.38. The Morgan fingerprint density at radius 2 is 1.84 bits per heavy atom. The molecule has 1 aliphatic carbocycles. The van der Waals surface area contributed by atoms with Crippen molar-refractivity contribution in [3.63, 3.8) is 0 Å². The van der Waals surface area contributed by atoms with Gasteiger partial charge < -0.3 is 4.90 Å². The number of carbonyl (C=O) groups is 1. The van der Waals surface area contributed by atoms with Crippen LogP contribution in [0, 0.1) is 11.8 Å². The van der Waals surface area contributed by atoms with Crippen molar-refractivity contribution in [1.29, 1.82) is 0 Å². The molecule has 0 unspecified atom stereocenters. The standard InChI is InChI=1S/C17H21NO/c1-2-14-15(13-9-5-3-6-10-13)16(14)17(19)18-11-7-4-8-12-18/h2-3,5-6,9-10,14-16H,1,4,7-8,11-12H2/t14-,15-,16-/m0/s1. The zero-order chi connectivity index (χ0) is 13.2. The lowest BCUT2D eigenvalue weighted by atomic mass is 10.1. The molecule has 1 aromatic rings. The van der Waals surface area contributed by atoms with Gasteiger partial charge in [0.25, 0.3) is 0 Å². The molecule has 2 aliphatic rings. The van der Waals surface area contributed by atoms with Gasteiger partial charge in [0.15, 0.2) is 0 Å². The molecule has 1 saturated carbocycles. The van der Waals surface area contributed by atoms with Crippen molar-refractivity contribution in [2.24, 2.45) is 11.8 Å². The molecule has 0 radical (unpaired) electrons. The first kappa shape index (κ1) is 12.5. The van der Waals surface area contributed by atoms with E-state index < -0.39 is 0 Å². The second kappa shape index (κ2) is 5.20. The van der Waals surface area contributed by atoms with E-state index in [4.69, 9.17) is 0 Å². The molecule has 3 rings (SSSR count). The highest BCUT2D eigenvalue weighted by Gasteiger charge is 2.54. The molecule has 3 atom stereocenters. The van der Waals surface area contributed by atoms with Gasteiger partial charge >= 0.3 is 0 Å². The predicted octanol–water partition coefficient (Wildman–Crippen LogP) is 3.21. The molecule has 0 aromatic heterocycles. The van der Waals surface area contributed by atoms with Crippen LogP contribution >= 0.6 is 0 Å². The number of piperidine rings is 1. The molecule has 0 bridgehead atoms. The predicted molar refractivity (Wildman–Crippen MR) is 76.8 cm³/mol. The van der Waals surface area contributed by atoms with E-state index in [9.17, 15) is 4.79 Å². The molecule has 100 valence electrons. The lowest BCUT2D eigenvalue weighted by Crippen LogP contribution is -2.37. The number of hydrogen-bond donors (Lipinski definition) is 0. The van der Waals surface area contributed by atoms with E-state index >= 15 is 0 Å². The highest BCUT2D eigenvalue weighted by atomic mass is 16.2. The maximum Gasteiger partial charge on any atom is 0.226 e. The Kier molecular flexibility index (Phi) is 3.41. The fraction of sp³-hybridized carbons (Fsp3) is 0.471. The van der Waals surface area contributed by atoms with Gasteiger partial charge in [0, 0.05) is 19.0 Å². The largest absolute Gasteiger partial charge is 0.342 e. The smallest absolute Gasteiger partial charge is 0.226 e. The van der Waals surface area contributed by atoms with Crippen LogP contribution in [0.15, 0.2) is 43.0 Å². The molecule has 2 nitrogen and oxygen atoms in total. The summed E-state index contributed by atoms with van der Waals surface area (Å²) in [4.78, 5) is 14.7. The van der Waals surface area contributed by atoms with Crippen LogP contribution in [-0.2, 0) is 4.79 Å². The van der Waals surface area contributed by atoms with Crippen LogP contribution in [0.4, 0.5) is 0 Å². The van der Waals surface area contributed by atoms with Gasteiger partial charge in [0.2, 0.25) is 5.91 Å². The molecule has 2 heteroatoms. The molecule has 0 spiro atoms. The minimum Gasteiger partial charge on any atom is -0.342 e. The fourth-order valence-corrected chi connectivity index (χ4v) is 3.38. The van der Waals surface area contributed by atoms with Crippen LogP contribution in [0.1, 0.15) is 30.7 Å². The van der Waals surface area contributed by atoms with E-state index in [2.05, 4.69) is 35.7 Å². The average Bonchev–Trinajstić information content (AvgIpc) is 3.22.